The van der Waals surface area contributed by atoms with E-state index >= 15 is 0 Å². The quantitative estimate of drug-likeness (QED) is 0.733. The minimum absolute atomic E-state index is 0.0752. The van der Waals surface area contributed by atoms with Gasteiger partial charge in [-0.3, -0.25) is 4.98 Å². The lowest BCUT2D eigenvalue weighted by Gasteiger charge is -2.12. The van der Waals surface area contributed by atoms with Crippen molar-refractivity contribution in [3.63, 3.8) is 0 Å². The monoisotopic (exact) mass is 217 g/mol. The number of aromatic nitrogens is 3. The first-order chi connectivity index (χ1) is 7.66. The second-order valence-corrected chi connectivity index (χ2v) is 3.71. The Kier molecular flexibility index (Phi) is 2.76. The normalized spacial score (nSPS) is 12.4. The second-order valence-electron chi connectivity index (χ2n) is 3.71. The van der Waals surface area contributed by atoms with Gasteiger partial charge >= 0.3 is 0 Å². The van der Waals surface area contributed by atoms with E-state index in [1.807, 2.05) is 32.0 Å². The maximum Gasteiger partial charge on any atom is 0.169 e. The topological polar surface area (TPSA) is 79.6 Å². The molecule has 0 bridgehead atoms. The van der Waals surface area contributed by atoms with Crippen LogP contribution in [0.15, 0.2) is 24.4 Å². The van der Waals surface area contributed by atoms with Gasteiger partial charge in [-0.15, -0.1) is 0 Å². The Labute approximate surface area is 94.1 Å². The van der Waals surface area contributed by atoms with Crippen LogP contribution in [0.4, 0.5) is 11.6 Å². The molecular formula is C11H15N5. The van der Waals surface area contributed by atoms with Gasteiger partial charge in [-0.05, 0) is 26.0 Å². The highest BCUT2D eigenvalue weighted by atomic mass is 15.1. The fraction of sp³-hybridized carbons (Fsp3) is 0.273. The average molecular weight is 217 g/mol. The third kappa shape index (κ3) is 2.13. The molecule has 16 heavy (non-hydrogen) atoms. The highest BCUT2D eigenvalue weighted by molar-refractivity contribution is 5.57. The smallest absolute Gasteiger partial charge is 0.169 e. The first kappa shape index (κ1) is 10.5. The number of aryl methyl sites for hydroxylation is 1. The molecule has 1 unspecified atom stereocenters. The molecular weight excluding hydrogens is 202 g/mol. The zero-order chi connectivity index (χ0) is 11.5. The Bertz CT molecular complexity index is 462. The number of nitrogens with one attached hydrogen (secondary N) is 2. The van der Waals surface area contributed by atoms with Crippen LogP contribution in [0, 0.1) is 6.92 Å². The summed E-state index contributed by atoms with van der Waals surface area (Å²) in [6.45, 7) is 3.89. The Morgan fingerprint density at radius 2 is 2.25 bits per heavy atom. The van der Waals surface area contributed by atoms with Crippen molar-refractivity contribution in [1.82, 2.24) is 15.0 Å². The van der Waals surface area contributed by atoms with E-state index < -0.39 is 0 Å². The van der Waals surface area contributed by atoms with Gasteiger partial charge in [0.2, 0.25) is 0 Å². The summed E-state index contributed by atoms with van der Waals surface area (Å²) in [6, 6.07) is 5.89. The fourth-order valence-corrected chi connectivity index (χ4v) is 1.53. The van der Waals surface area contributed by atoms with Crippen molar-refractivity contribution in [3.05, 3.63) is 35.9 Å². The predicted octanol–water partition coefficient (Wildman–Crippen LogP) is 1.87. The van der Waals surface area contributed by atoms with E-state index in [4.69, 9.17) is 5.73 Å². The summed E-state index contributed by atoms with van der Waals surface area (Å²) in [6.07, 6.45) is 1.77. The van der Waals surface area contributed by atoms with Crippen molar-refractivity contribution in [2.24, 2.45) is 0 Å². The second kappa shape index (κ2) is 4.22. The van der Waals surface area contributed by atoms with Gasteiger partial charge in [0.1, 0.15) is 11.6 Å². The standard InChI is InChI=1S/C11H15N5/c1-7(9-5-3-4-6-13-9)14-11-10(12)15-8(2)16-11/h3-7,14H,12H2,1-2H3,(H,15,16). The molecule has 5 nitrogen and oxygen atoms in total. The van der Waals surface area contributed by atoms with Crippen LogP contribution in [0.25, 0.3) is 0 Å². The third-order valence-electron chi connectivity index (χ3n) is 2.33. The molecule has 1 atom stereocenters. The molecule has 0 saturated carbocycles. The molecule has 0 spiro atoms. The molecule has 2 aromatic rings. The molecule has 2 heterocycles. The molecule has 0 aliphatic heterocycles. The molecule has 2 aromatic heterocycles. The average Bonchev–Trinajstić information content (AvgIpc) is 2.59. The molecule has 0 aliphatic rings. The van der Waals surface area contributed by atoms with Gasteiger partial charge in [0.25, 0.3) is 0 Å². The largest absolute Gasteiger partial charge is 0.382 e. The number of nitrogens with zero attached hydrogens (tertiary/aromatic N) is 2. The Morgan fingerprint density at radius 1 is 1.44 bits per heavy atom. The highest BCUT2D eigenvalue weighted by Gasteiger charge is 2.10. The van der Waals surface area contributed by atoms with E-state index in [0.717, 1.165) is 11.5 Å². The van der Waals surface area contributed by atoms with Gasteiger partial charge < -0.3 is 16.0 Å². The Balaban J connectivity index is 2.14. The zero-order valence-corrected chi connectivity index (χ0v) is 9.36. The minimum atomic E-state index is 0.0752. The Morgan fingerprint density at radius 3 is 2.81 bits per heavy atom. The molecule has 0 aliphatic carbocycles. The lowest BCUT2D eigenvalue weighted by Crippen LogP contribution is -2.09. The van der Waals surface area contributed by atoms with Gasteiger partial charge in [-0.25, -0.2) is 4.98 Å². The van der Waals surface area contributed by atoms with Gasteiger partial charge in [0.15, 0.2) is 5.82 Å². The van der Waals surface area contributed by atoms with Gasteiger partial charge in [-0.1, -0.05) is 6.07 Å². The highest BCUT2D eigenvalue weighted by Crippen LogP contribution is 2.20. The number of aromatic amines is 1. The predicted molar refractivity (Wildman–Crippen MR) is 64.0 cm³/mol. The lowest BCUT2D eigenvalue weighted by molar-refractivity contribution is 0.833. The van der Waals surface area contributed by atoms with Crippen molar-refractivity contribution in [2.45, 2.75) is 19.9 Å². The van der Waals surface area contributed by atoms with E-state index in [2.05, 4.69) is 20.3 Å². The SMILES string of the molecule is Cc1nc(NC(C)c2ccccn2)c(N)[nH]1. The number of anilines is 2. The molecule has 5 heteroatoms. The van der Waals surface area contributed by atoms with Crippen LogP contribution in [-0.2, 0) is 0 Å². The fourth-order valence-electron chi connectivity index (χ4n) is 1.53. The molecule has 0 aromatic carbocycles. The summed E-state index contributed by atoms with van der Waals surface area (Å²) in [7, 11) is 0. The van der Waals surface area contributed by atoms with Gasteiger partial charge in [0.05, 0.1) is 11.7 Å². The number of hydrogen-bond donors (Lipinski definition) is 3. The summed E-state index contributed by atoms with van der Waals surface area (Å²) in [5, 5.41) is 3.22. The number of nitrogen functional groups attached to an aromatic ring is 1. The van der Waals surface area contributed by atoms with Crippen LogP contribution in [0.3, 0.4) is 0 Å². The van der Waals surface area contributed by atoms with E-state index in [1.54, 1.807) is 6.20 Å². The van der Waals surface area contributed by atoms with E-state index in [9.17, 15) is 0 Å². The van der Waals surface area contributed by atoms with E-state index in [1.165, 1.54) is 0 Å². The van der Waals surface area contributed by atoms with Crippen LogP contribution >= 0.6 is 0 Å². The summed E-state index contributed by atoms with van der Waals surface area (Å²) in [4.78, 5) is 11.5. The Hall–Kier alpha value is -2.04. The van der Waals surface area contributed by atoms with E-state index in [-0.39, 0.29) is 6.04 Å². The maximum absolute atomic E-state index is 5.77. The van der Waals surface area contributed by atoms with Crippen molar-refractivity contribution >= 4 is 11.6 Å². The van der Waals surface area contributed by atoms with Crippen LogP contribution in [0.2, 0.25) is 0 Å². The molecule has 0 radical (unpaired) electrons. The molecule has 84 valence electrons. The summed E-state index contributed by atoms with van der Waals surface area (Å²) in [5.74, 6) is 2.03. The first-order valence-electron chi connectivity index (χ1n) is 5.16. The molecule has 2 rings (SSSR count). The number of hydrogen-bond acceptors (Lipinski definition) is 4. The number of nitrogens with two attached hydrogens (primary N) is 1. The number of rotatable bonds is 3. The molecule has 0 fully saturated rings. The van der Waals surface area contributed by atoms with Crippen molar-refractivity contribution in [3.8, 4) is 0 Å². The molecule has 0 saturated heterocycles. The summed E-state index contributed by atoms with van der Waals surface area (Å²) >= 11 is 0. The summed E-state index contributed by atoms with van der Waals surface area (Å²) < 4.78 is 0. The number of imidazole rings is 1. The van der Waals surface area contributed by atoms with Gasteiger partial charge in [0, 0.05) is 6.20 Å². The first-order valence-corrected chi connectivity index (χ1v) is 5.16. The maximum atomic E-state index is 5.77. The van der Waals surface area contributed by atoms with Crippen molar-refractivity contribution in [1.29, 1.82) is 0 Å². The van der Waals surface area contributed by atoms with Crippen LogP contribution in [0.5, 0.6) is 0 Å². The van der Waals surface area contributed by atoms with Gasteiger partial charge in [-0.2, -0.15) is 0 Å². The van der Waals surface area contributed by atoms with Crippen molar-refractivity contribution < 1.29 is 0 Å². The van der Waals surface area contributed by atoms with Crippen LogP contribution in [0.1, 0.15) is 24.5 Å². The van der Waals surface area contributed by atoms with E-state index in [0.29, 0.717) is 11.6 Å². The van der Waals surface area contributed by atoms with Crippen LogP contribution < -0.4 is 11.1 Å². The number of pyridine rings is 1. The zero-order valence-electron chi connectivity index (χ0n) is 9.36. The van der Waals surface area contributed by atoms with Crippen molar-refractivity contribution in [2.75, 3.05) is 11.1 Å². The summed E-state index contributed by atoms with van der Waals surface area (Å²) in [5.41, 5.74) is 6.73. The third-order valence-corrected chi connectivity index (χ3v) is 2.33. The minimum Gasteiger partial charge on any atom is -0.382 e. The number of H-pyrrole nitrogens is 1. The lowest BCUT2D eigenvalue weighted by atomic mass is 10.2. The molecule has 4 N–H and O–H groups in total. The molecule has 0 amide bonds. The van der Waals surface area contributed by atoms with Crippen LogP contribution in [-0.4, -0.2) is 15.0 Å².